The average Bonchev–Trinajstić information content (AvgIpc) is 3.12. The molecule has 4 nitrogen and oxygen atoms in total. The largest absolute Gasteiger partial charge is 0.486 e. The zero-order valence-electron chi connectivity index (χ0n) is 20.3. The van der Waals surface area contributed by atoms with Crippen LogP contribution in [0.15, 0.2) is 41.0 Å². The number of ketones is 1. The van der Waals surface area contributed by atoms with Crippen molar-refractivity contribution in [2.24, 2.45) is 17.3 Å². The molecule has 0 bridgehead atoms. The van der Waals surface area contributed by atoms with Gasteiger partial charge >= 0.3 is 0 Å². The maximum absolute atomic E-state index is 12.2. The van der Waals surface area contributed by atoms with Crippen LogP contribution < -0.4 is 9.47 Å². The summed E-state index contributed by atoms with van der Waals surface area (Å²) in [6, 6.07) is 6.38. The first-order valence-electron chi connectivity index (χ1n) is 13.0. The van der Waals surface area contributed by atoms with Crippen LogP contribution in [0.5, 0.6) is 11.5 Å². The molecule has 5 aliphatic rings. The number of rotatable bonds is 1. The molecule has 1 aromatic carbocycles. The molecule has 0 radical (unpaired) electrons. The van der Waals surface area contributed by atoms with Gasteiger partial charge in [0.05, 0.1) is 0 Å². The fourth-order valence-corrected chi connectivity index (χ4v) is 7.68. The third kappa shape index (κ3) is 3.20. The monoisotopic (exact) mass is 458 g/mol. The molecule has 1 heterocycles. The van der Waals surface area contributed by atoms with Gasteiger partial charge in [0.15, 0.2) is 17.3 Å². The Hall–Kier alpha value is -2.51. The van der Waals surface area contributed by atoms with E-state index in [1.807, 2.05) is 19.1 Å². The van der Waals surface area contributed by atoms with Crippen molar-refractivity contribution in [2.75, 3.05) is 13.2 Å². The average molecular weight is 459 g/mol. The molecule has 0 spiro atoms. The molecule has 5 atom stereocenters. The van der Waals surface area contributed by atoms with Crippen molar-refractivity contribution in [3.05, 3.63) is 46.6 Å². The first-order valence-corrected chi connectivity index (χ1v) is 13.0. The summed E-state index contributed by atoms with van der Waals surface area (Å²) in [6.45, 7) is 5.49. The lowest BCUT2D eigenvalue weighted by Crippen LogP contribution is -2.51. The minimum Gasteiger partial charge on any atom is -0.486 e. The number of carbonyl (C=O) groups excluding carboxylic acids is 1. The third-order valence-electron chi connectivity index (χ3n) is 9.33. The highest BCUT2D eigenvalue weighted by Crippen LogP contribution is 2.66. The molecule has 6 rings (SSSR count). The lowest BCUT2D eigenvalue weighted by atomic mass is 9.51. The number of hydrogen-bond donors (Lipinski definition) is 1. The van der Waals surface area contributed by atoms with Crippen LogP contribution in [0.4, 0.5) is 0 Å². The molecular weight excluding hydrogens is 424 g/mol. The van der Waals surface area contributed by atoms with Gasteiger partial charge in [-0.3, -0.25) is 4.79 Å². The summed E-state index contributed by atoms with van der Waals surface area (Å²) < 4.78 is 11.7. The van der Waals surface area contributed by atoms with E-state index < -0.39 is 5.60 Å². The van der Waals surface area contributed by atoms with E-state index in [0.717, 1.165) is 56.4 Å². The van der Waals surface area contributed by atoms with Crippen LogP contribution in [-0.4, -0.2) is 29.7 Å². The van der Waals surface area contributed by atoms with Gasteiger partial charge in [-0.15, -0.1) is 5.92 Å². The van der Waals surface area contributed by atoms with Crippen LogP contribution in [0.2, 0.25) is 0 Å². The fourth-order valence-electron chi connectivity index (χ4n) is 7.68. The first kappa shape index (κ1) is 22.0. The molecule has 178 valence electrons. The Morgan fingerprint density at radius 1 is 1.12 bits per heavy atom. The van der Waals surface area contributed by atoms with Gasteiger partial charge in [0.2, 0.25) is 0 Å². The zero-order chi connectivity index (χ0) is 23.5. The molecule has 0 saturated heterocycles. The van der Waals surface area contributed by atoms with Crippen molar-refractivity contribution >= 4 is 5.78 Å². The van der Waals surface area contributed by atoms with E-state index >= 15 is 0 Å². The molecule has 2 fully saturated rings. The summed E-state index contributed by atoms with van der Waals surface area (Å²) in [5.41, 5.74) is 4.21. The summed E-state index contributed by atoms with van der Waals surface area (Å²) in [7, 11) is 0. The first-order chi connectivity index (χ1) is 16.4. The van der Waals surface area contributed by atoms with Gasteiger partial charge in [-0.25, -0.2) is 0 Å². The fraction of sp³-hybridized carbons (Fsp3) is 0.567. The Bertz CT molecular complexity index is 1160. The van der Waals surface area contributed by atoms with E-state index in [9.17, 15) is 9.90 Å². The normalized spacial score (nSPS) is 36.0. The van der Waals surface area contributed by atoms with Gasteiger partial charge in [0.1, 0.15) is 18.8 Å². The topological polar surface area (TPSA) is 55.8 Å². The molecule has 0 unspecified atom stereocenters. The van der Waals surface area contributed by atoms with Crippen molar-refractivity contribution < 1.29 is 19.4 Å². The van der Waals surface area contributed by atoms with Crippen LogP contribution in [0.1, 0.15) is 76.7 Å². The number of benzene rings is 1. The van der Waals surface area contributed by atoms with Crippen LogP contribution in [0, 0.1) is 29.1 Å². The molecule has 4 heteroatoms. The van der Waals surface area contributed by atoms with E-state index in [-0.39, 0.29) is 17.1 Å². The molecule has 1 aromatic rings. The SMILES string of the molecule is CCC#C[C@]1(O)CC[C@H]2[C@@H]3CCC4=CC(=O)CCC4=C3[C@@H](c3ccc4c(c3)OCCO4)C[C@@]21C. The van der Waals surface area contributed by atoms with Gasteiger partial charge < -0.3 is 14.6 Å². The van der Waals surface area contributed by atoms with Crippen LogP contribution in [0.3, 0.4) is 0 Å². The minimum absolute atomic E-state index is 0.182. The molecule has 0 amide bonds. The van der Waals surface area contributed by atoms with Crippen molar-refractivity contribution in [2.45, 2.75) is 76.7 Å². The number of ether oxygens (including phenoxy) is 2. The van der Waals surface area contributed by atoms with Crippen LogP contribution in [0.25, 0.3) is 0 Å². The lowest BCUT2D eigenvalue weighted by Gasteiger charge is -2.53. The van der Waals surface area contributed by atoms with Crippen molar-refractivity contribution in [1.29, 1.82) is 0 Å². The van der Waals surface area contributed by atoms with Crippen molar-refractivity contribution in [3.63, 3.8) is 0 Å². The van der Waals surface area contributed by atoms with Gasteiger partial charge in [0.25, 0.3) is 0 Å². The maximum Gasteiger partial charge on any atom is 0.161 e. The second-order valence-electron chi connectivity index (χ2n) is 11.0. The predicted octanol–water partition coefficient (Wildman–Crippen LogP) is 5.50. The van der Waals surface area contributed by atoms with E-state index in [1.54, 1.807) is 0 Å². The Kier molecular flexibility index (Phi) is 5.19. The van der Waals surface area contributed by atoms with Crippen LogP contribution >= 0.6 is 0 Å². The second kappa shape index (κ2) is 8.02. The summed E-state index contributed by atoms with van der Waals surface area (Å²) in [6.07, 6.45) is 8.77. The number of hydrogen-bond acceptors (Lipinski definition) is 4. The van der Waals surface area contributed by atoms with Gasteiger partial charge in [-0.1, -0.05) is 31.4 Å². The maximum atomic E-state index is 12.2. The summed E-state index contributed by atoms with van der Waals surface area (Å²) >= 11 is 0. The summed E-state index contributed by atoms with van der Waals surface area (Å²) in [5, 5.41) is 11.9. The smallest absolute Gasteiger partial charge is 0.161 e. The molecule has 0 aromatic heterocycles. The Morgan fingerprint density at radius 2 is 1.94 bits per heavy atom. The molecule has 34 heavy (non-hydrogen) atoms. The number of allylic oxidation sites excluding steroid dienone is 4. The standard InChI is InChI=1S/C30H34O4/c1-3-4-12-30(32)13-11-25-23-8-5-19-16-21(31)7-9-22(19)28(23)24(18-29(25,30)2)20-6-10-26-27(17-20)34-15-14-33-26/h6,10,16-17,23-25,32H,3,5,7-9,11,13-15,18H2,1-2H3/t23-,24+,25-,29-,30-/m0/s1. The Labute approximate surface area is 202 Å². The highest BCUT2D eigenvalue weighted by molar-refractivity contribution is 5.93. The number of aliphatic hydroxyl groups is 1. The third-order valence-corrected chi connectivity index (χ3v) is 9.33. The van der Waals surface area contributed by atoms with Gasteiger partial charge in [-0.2, -0.15) is 0 Å². The molecule has 4 aliphatic carbocycles. The van der Waals surface area contributed by atoms with Crippen molar-refractivity contribution in [1.82, 2.24) is 0 Å². The van der Waals surface area contributed by atoms with Gasteiger partial charge in [0, 0.05) is 24.2 Å². The molecule has 2 saturated carbocycles. The number of fused-ring (bicyclic) bond motifs is 5. The van der Waals surface area contributed by atoms with Crippen molar-refractivity contribution in [3.8, 4) is 23.3 Å². The van der Waals surface area contributed by atoms with E-state index in [2.05, 4.69) is 30.9 Å². The van der Waals surface area contributed by atoms with Crippen LogP contribution in [-0.2, 0) is 4.79 Å². The predicted molar refractivity (Wildman–Crippen MR) is 131 cm³/mol. The Balaban J connectivity index is 1.51. The minimum atomic E-state index is -0.950. The zero-order valence-corrected chi connectivity index (χ0v) is 20.3. The molecule has 1 N–H and O–H groups in total. The summed E-state index contributed by atoms with van der Waals surface area (Å²) in [5.74, 6) is 9.44. The summed E-state index contributed by atoms with van der Waals surface area (Å²) in [4.78, 5) is 12.2. The second-order valence-corrected chi connectivity index (χ2v) is 11.0. The highest BCUT2D eigenvalue weighted by Gasteiger charge is 2.62. The molecular formula is C30H34O4. The Morgan fingerprint density at radius 3 is 2.76 bits per heavy atom. The van der Waals surface area contributed by atoms with E-state index in [4.69, 9.17) is 9.47 Å². The number of carbonyl (C=O) groups is 1. The van der Waals surface area contributed by atoms with E-state index in [0.29, 0.717) is 31.5 Å². The van der Waals surface area contributed by atoms with Gasteiger partial charge in [-0.05, 0) is 85.3 Å². The highest BCUT2D eigenvalue weighted by atomic mass is 16.6. The van der Waals surface area contributed by atoms with E-state index in [1.165, 1.54) is 22.3 Å². The quantitative estimate of drug-likeness (QED) is 0.565. The lowest BCUT2D eigenvalue weighted by molar-refractivity contribution is -0.114. The molecule has 1 aliphatic heterocycles.